The van der Waals surface area contributed by atoms with Crippen molar-refractivity contribution in [3.63, 3.8) is 0 Å². The van der Waals surface area contributed by atoms with E-state index in [1.165, 1.54) is 167 Å². The zero-order chi connectivity index (χ0) is 40.3. The summed E-state index contributed by atoms with van der Waals surface area (Å²) in [5.74, 6) is -0.00679. The molecule has 0 aromatic carbocycles. The van der Waals surface area contributed by atoms with Gasteiger partial charge in [0.1, 0.15) is 13.2 Å². The van der Waals surface area contributed by atoms with Gasteiger partial charge in [-0.15, -0.1) is 0 Å². The average molecular weight is 779 g/mol. The molecule has 55 heavy (non-hydrogen) atoms. The number of esters is 3. The van der Waals surface area contributed by atoms with E-state index in [-0.39, 0.29) is 31.1 Å². The molecular formula is C49H94O6. The lowest BCUT2D eigenvalue weighted by molar-refractivity contribution is -0.167. The lowest BCUT2D eigenvalue weighted by Gasteiger charge is -2.18. The summed E-state index contributed by atoms with van der Waals surface area (Å²) in [5.41, 5.74) is 0. The van der Waals surface area contributed by atoms with Crippen LogP contribution in [0.5, 0.6) is 0 Å². The van der Waals surface area contributed by atoms with Crippen molar-refractivity contribution >= 4 is 17.9 Å². The third-order valence-corrected chi connectivity index (χ3v) is 11.4. The monoisotopic (exact) mass is 779 g/mol. The van der Waals surface area contributed by atoms with Crippen LogP contribution in [-0.4, -0.2) is 37.2 Å². The summed E-state index contributed by atoms with van der Waals surface area (Å²) < 4.78 is 16.7. The molecule has 0 heterocycles. The van der Waals surface area contributed by atoms with Gasteiger partial charge in [0.15, 0.2) is 6.10 Å². The van der Waals surface area contributed by atoms with Crippen LogP contribution in [0.2, 0.25) is 0 Å². The Morgan fingerprint density at radius 1 is 0.364 bits per heavy atom. The van der Waals surface area contributed by atoms with E-state index in [1.807, 2.05) is 0 Å². The maximum atomic E-state index is 12.7. The quantitative estimate of drug-likeness (QED) is 0.0348. The van der Waals surface area contributed by atoms with Crippen molar-refractivity contribution in [2.24, 2.45) is 5.92 Å². The number of hydrogen-bond donors (Lipinski definition) is 0. The van der Waals surface area contributed by atoms with Crippen molar-refractivity contribution in [3.05, 3.63) is 0 Å². The first kappa shape index (κ1) is 53.4. The van der Waals surface area contributed by atoms with Gasteiger partial charge >= 0.3 is 17.9 Å². The summed E-state index contributed by atoms with van der Waals surface area (Å²) in [7, 11) is 0. The Hall–Kier alpha value is -1.59. The second kappa shape index (κ2) is 43.5. The van der Waals surface area contributed by atoms with Crippen LogP contribution in [0.1, 0.15) is 272 Å². The van der Waals surface area contributed by atoms with Gasteiger partial charge in [-0.25, -0.2) is 0 Å². The molecular weight excluding hydrogens is 685 g/mol. The third kappa shape index (κ3) is 41.9. The molecule has 0 rings (SSSR count). The molecule has 0 saturated heterocycles. The van der Waals surface area contributed by atoms with Crippen molar-refractivity contribution in [1.29, 1.82) is 0 Å². The average Bonchev–Trinajstić information content (AvgIpc) is 3.18. The van der Waals surface area contributed by atoms with Crippen LogP contribution < -0.4 is 0 Å². The number of unbranched alkanes of at least 4 members (excludes halogenated alkanes) is 30. The number of carbonyl (C=O) groups excluding carboxylic acids is 3. The van der Waals surface area contributed by atoms with Crippen molar-refractivity contribution in [2.45, 2.75) is 278 Å². The van der Waals surface area contributed by atoms with Crippen molar-refractivity contribution < 1.29 is 28.6 Å². The van der Waals surface area contributed by atoms with Crippen LogP contribution in [0.4, 0.5) is 0 Å². The van der Waals surface area contributed by atoms with Gasteiger partial charge in [-0.2, -0.15) is 0 Å². The Labute approximate surface area is 342 Å². The molecule has 0 bridgehead atoms. The summed E-state index contributed by atoms with van der Waals surface area (Å²) in [6, 6.07) is 0. The van der Waals surface area contributed by atoms with Gasteiger partial charge in [-0.1, -0.05) is 233 Å². The molecule has 0 saturated carbocycles. The lowest BCUT2D eigenvalue weighted by atomic mass is 9.99. The second-order valence-corrected chi connectivity index (χ2v) is 17.0. The van der Waals surface area contributed by atoms with E-state index in [4.69, 9.17) is 14.2 Å². The summed E-state index contributed by atoms with van der Waals surface area (Å²) in [5, 5.41) is 0. The Morgan fingerprint density at radius 2 is 0.636 bits per heavy atom. The van der Waals surface area contributed by atoms with Gasteiger partial charge in [0.25, 0.3) is 0 Å². The van der Waals surface area contributed by atoms with Crippen LogP contribution in [0.15, 0.2) is 0 Å². The first-order chi connectivity index (χ1) is 26.9. The van der Waals surface area contributed by atoms with Crippen LogP contribution in [0, 0.1) is 5.92 Å². The van der Waals surface area contributed by atoms with Gasteiger partial charge in [-0.05, 0) is 25.2 Å². The highest BCUT2D eigenvalue weighted by molar-refractivity contribution is 5.71. The highest BCUT2D eigenvalue weighted by Crippen LogP contribution is 2.17. The van der Waals surface area contributed by atoms with Crippen molar-refractivity contribution in [3.8, 4) is 0 Å². The van der Waals surface area contributed by atoms with E-state index in [9.17, 15) is 14.4 Å². The fourth-order valence-corrected chi connectivity index (χ4v) is 7.30. The van der Waals surface area contributed by atoms with Gasteiger partial charge in [0.2, 0.25) is 0 Å². The van der Waals surface area contributed by atoms with Crippen molar-refractivity contribution in [2.75, 3.05) is 13.2 Å². The Morgan fingerprint density at radius 3 is 0.945 bits per heavy atom. The predicted molar refractivity (Wildman–Crippen MR) is 233 cm³/mol. The molecule has 2 atom stereocenters. The smallest absolute Gasteiger partial charge is 0.306 e. The normalized spacial score (nSPS) is 12.4. The largest absolute Gasteiger partial charge is 0.462 e. The molecule has 1 unspecified atom stereocenters. The summed E-state index contributed by atoms with van der Waals surface area (Å²) >= 11 is 0. The Balaban J connectivity index is 4.30. The van der Waals surface area contributed by atoms with E-state index in [0.717, 1.165) is 63.7 Å². The van der Waals surface area contributed by atoms with Crippen LogP contribution in [-0.2, 0) is 28.6 Å². The number of ether oxygens (including phenoxy) is 3. The molecule has 0 aliphatic heterocycles. The maximum Gasteiger partial charge on any atom is 0.306 e. The second-order valence-electron chi connectivity index (χ2n) is 17.0. The molecule has 326 valence electrons. The Kier molecular flexibility index (Phi) is 42.3. The SMILES string of the molecule is CCCCCCCCCCCCCCCCCC(=O)OC[C@@H](COC(=O)CCCCCCCCCCCC)OC(=O)CCCCCCCCCCC(C)CC. The predicted octanol–water partition coefficient (Wildman–Crippen LogP) is 15.5. The van der Waals surface area contributed by atoms with Gasteiger partial charge in [-0.3, -0.25) is 14.4 Å². The molecule has 0 aliphatic rings. The number of carbonyl (C=O) groups is 3. The molecule has 0 aliphatic carbocycles. The zero-order valence-electron chi connectivity index (χ0n) is 37.4. The molecule has 0 radical (unpaired) electrons. The maximum absolute atomic E-state index is 12.7. The highest BCUT2D eigenvalue weighted by Gasteiger charge is 2.19. The molecule has 0 aromatic rings. The standard InChI is InChI=1S/C49H94O6/c1-5-8-10-12-14-16-18-19-20-21-22-24-29-33-37-41-48(51)54-44-46(43-53-47(50)40-36-32-28-23-17-15-13-11-9-6-2)55-49(52)42-38-34-30-26-25-27-31-35-39-45(4)7-3/h45-46H,5-44H2,1-4H3/t45?,46-/m1/s1. The topological polar surface area (TPSA) is 78.9 Å². The summed E-state index contributed by atoms with van der Waals surface area (Å²) in [4.78, 5) is 37.8. The van der Waals surface area contributed by atoms with E-state index in [2.05, 4.69) is 27.7 Å². The molecule has 6 nitrogen and oxygen atoms in total. The molecule has 0 fully saturated rings. The third-order valence-electron chi connectivity index (χ3n) is 11.4. The minimum atomic E-state index is -0.760. The van der Waals surface area contributed by atoms with Gasteiger partial charge in [0.05, 0.1) is 0 Å². The van der Waals surface area contributed by atoms with Crippen LogP contribution >= 0.6 is 0 Å². The van der Waals surface area contributed by atoms with Crippen LogP contribution in [0.3, 0.4) is 0 Å². The number of hydrogen-bond acceptors (Lipinski definition) is 6. The Bertz CT molecular complexity index is 828. The first-order valence-corrected chi connectivity index (χ1v) is 24.4. The van der Waals surface area contributed by atoms with Gasteiger partial charge < -0.3 is 14.2 Å². The molecule has 6 heteroatoms. The number of rotatable bonds is 44. The summed E-state index contributed by atoms with van der Waals surface area (Å²) in [6.07, 6.45) is 43.6. The fourth-order valence-electron chi connectivity index (χ4n) is 7.30. The molecule has 0 spiro atoms. The van der Waals surface area contributed by atoms with Crippen molar-refractivity contribution in [1.82, 2.24) is 0 Å². The molecule has 0 aromatic heterocycles. The summed E-state index contributed by atoms with van der Waals surface area (Å²) in [6.45, 7) is 9.00. The molecule has 0 N–H and O–H groups in total. The van der Waals surface area contributed by atoms with Crippen LogP contribution in [0.25, 0.3) is 0 Å². The first-order valence-electron chi connectivity index (χ1n) is 24.4. The fraction of sp³-hybridized carbons (Fsp3) is 0.939. The van der Waals surface area contributed by atoms with E-state index in [0.29, 0.717) is 19.3 Å². The van der Waals surface area contributed by atoms with E-state index < -0.39 is 6.10 Å². The minimum Gasteiger partial charge on any atom is -0.462 e. The molecule has 0 amide bonds. The van der Waals surface area contributed by atoms with E-state index >= 15 is 0 Å². The van der Waals surface area contributed by atoms with E-state index in [1.54, 1.807) is 0 Å². The minimum absolute atomic E-state index is 0.0636. The van der Waals surface area contributed by atoms with Gasteiger partial charge in [0, 0.05) is 19.3 Å². The lowest BCUT2D eigenvalue weighted by Crippen LogP contribution is -2.30. The zero-order valence-corrected chi connectivity index (χ0v) is 37.4. The highest BCUT2D eigenvalue weighted by atomic mass is 16.6.